The molecule has 2 aromatic rings. The van der Waals surface area contributed by atoms with Crippen LogP contribution in [0.5, 0.6) is 0 Å². The smallest absolute Gasteiger partial charge is 0.244 e. The summed E-state index contributed by atoms with van der Waals surface area (Å²) in [6, 6.07) is 10.5. The van der Waals surface area contributed by atoms with Crippen molar-refractivity contribution in [1.29, 1.82) is 0 Å². The molecule has 0 aromatic heterocycles. The van der Waals surface area contributed by atoms with Gasteiger partial charge in [-0.1, -0.05) is 66.2 Å². The molecule has 0 spiro atoms. The summed E-state index contributed by atoms with van der Waals surface area (Å²) in [6.07, 6.45) is 6.06. The summed E-state index contributed by atoms with van der Waals surface area (Å²) in [5.74, 6) is -0.827. The molecule has 0 radical (unpaired) electrons. The fourth-order valence-corrected chi connectivity index (χ4v) is 5.76. The molecule has 2 aromatic carbocycles. The Morgan fingerprint density at radius 1 is 1.00 bits per heavy atom. The number of carbonyl (C=O) groups excluding carboxylic acids is 2. The summed E-state index contributed by atoms with van der Waals surface area (Å²) in [7, 11) is -3.89. The van der Waals surface area contributed by atoms with E-state index in [0.717, 1.165) is 48.2 Å². The van der Waals surface area contributed by atoms with E-state index in [1.807, 2.05) is 0 Å². The first-order valence-electron chi connectivity index (χ1n) is 11.7. The van der Waals surface area contributed by atoms with E-state index < -0.39 is 28.5 Å². The largest absolute Gasteiger partial charge is 0.352 e. The van der Waals surface area contributed by atoms with E-state index in [4.69, 9.17) is 34.8 Å². The highest BCUT2D eigenvalue weighted by Crippen LogP contribution is 2.30. The van der Waals surface area contributed by atoms with Gasteiger partial charge in [0.1, 0.15) is 12.6 Å². The zero-order valence-corrected chi connectivity index (χ0v) is 23.3. The maximum atomic E-state index is 13.6. The third-order valence-electron chi connectivity index (χ3n) is 6.24. The zero-order chi connectivity index (χ0) is 26.5. The molecule has 0 saturated heterocycles. The van der Waals surface area contributed by atoms with Crippen molar-refractivity contribution in [2.75, 3.05) is 17.1 Å². The molecule has 1 unspecified atom stereocenters. The minimum Gasteiger partial charge on any atom is -0.352 e. The van der Waals surface area contributed by atoms with E-state index in [2.05, 4.69) is 5.32 Å². The van der Waals surface area contributed by atoms with Gasteiger partial charge in [-0.15, -0.1) is 0 Å². The number of amides is 2. The van der Waals surface area contributed by atoms with Gasteiger partial charge in [0.25, 0.3) is 0 Å². The third-order valence-corrected chi connectivity index (χ3v) is 8.16. The Bertz CT molecular complexity index is 1190. The van der Waals surface area contributed by atoms with Gasteiger partial charge in [0.15, 0.2) is 0 Å². The number of anilines is 1. The first-order chi connectivity index (χ1) is 17.0. The lowest BCUT2D eigenvalue weighted by Crippen LogP contribution is -2.53. The molecule has 1 fully saturated rings. The van der Waals surface area contributed by atoms with Crippen LogP contribution in [-0.2, 0) is 26.2 Å². The van der Waals surface area contributed by atoms with Gasteiger partial charge in [0.05, 0.1) is 17.0 Å². The molecule has 1 aliphatic carbocycles. The summed E-state index contributed by atoms with van der Waals surface area (Å²) in [4.78, 5) is 28.1. The van der Waals surface area contributed by atoms with Crippen LogP contribution in [0, 0.1) is 0 Å². The molecular weight excluding hydrogens is 545 g/mol. The standard InChI is InChI=1S/C25H30Cl3N3O4S/c1-17(25(33)29-21-6-4-3-5-7-21)30(15-18-8-10-19(26)11-9-18)24(32)16-31(36(2,34)35)23-13-12-20(27)14-22(23)28/h8-14,17,21H,3-7,15-16H2,1-2H3,(H,29,33). The first-order valence-corrected chi connectivity index (χ1v) is 14.7. The fraction of sp³-hybridized carbons (Fsp3) is 0.440. The van der Waals surface area contributed by atoms with Gasteiger partial charge in [-0.05, 0) is 55.7 Å². The van der Waals surface area contributed by atoms with Crippen molar-refractivity contribution in [2.45, 2.75) is 57.7 Å². The quantitative estimate of drug-likeness (QED) is 0.442. The number of halogens is 3. The van der Waals surface area contributed by atoms with Gasteiger partial charge in [0.2, 0.25) is 21.8 Å². The van der Waals surface area contributed by atoms with Gasteiger partial charge < -0.3 is 10.2 Å². The van der Waals surface area contributed by atoms with Crippen LogP contribution in [0.4, 0.5) is 5.69 Å². The van der Waals surface area contributed by atoms with Crippen molar-refractivity contribution in [3.05, 3.63) is 63.1 Å². The molecule has 36 heavy (non-hydrogen) atoms. The number of hydrogen-bond acceptors (Lipinski definition) is 4. The van der Waals surface area contributed by atoms with Crippen LogP contribution >= 0.6 is 34.8 Å². The SMILES string of the molecule is CC(C(=O)NC1CCCCC1)N(Cc1ccc(Cl)cc1)C(=O)CN(c1ccc(Cl)cc1Cl)S(C)(=O)=O. The Hall–Kier alpha value is -2.00. The number of carbonyl (C=O) groups is 2. The lowest BCUT2D eigenvalue weighted by molar-refractivity contribution is -0.139. The van der Waals surface area contributed by atoms with Crippen LogP contribution < -0.4 is 9.62 Å². The highest BCUT2D eigenvalue weighted by atomic mass is 35.5. The monoisotopic (exact) mass is 573 g/mol. The molecule has 196 valence electrons. The summed E-state index contributed by atoms with van der Waals surface area (Å²) in [5.41, 5.74) is 0.878. The Balaban J connectivity index is 1.88. The maximum absolute atomic E-state index is 13.6. The van der Waals surface area contributed by atoms with Gasteiger partial charge in [-0.2, -0.15) is 0 Å². The normalized spacial score (nSPS) is 15.2. The third kappa shape index (κ3) is 7.75. The van der Waals surface area contributed by atoms with Gasteiger partial charge >= 0.3 is 0 Å². The van der Waals surface area contributed by atoms with Crippen molar-refractivity contribution in [1.82, 2.24) is 10.2 Å². The molecule has 0 bridgehead atoms. The molecule has 11 heteroatoms. The summed E-state index contributed by atoms with van der Waals surface area (Å²) in [5, 5.41) is 4.02. The van der Waals surface area contributed by atoms with Crippen molar-refractivity contribution in [3.8, 4) is 0 Å². The van der Waals surface area contributed by atoms with E-state index in [1.54, 1.807) is 31.2 Å². The number of nitrogens with one attached hydrogen (secondary N) is 1. The van der Waals surface area contributed by atoms with Crippen LogP contribution in [0.2, 0.25) is 15.1 Å². The molecule has 0 aliphatic heterocycles. The number of sulfonamides is 1. The van der Waals surface area contributed by atoms with Crippen LogP contribution in [0.15, 0.2) is 42.5 Å². The summed E-state index contributed by atoms with van der Waals surface area (Å²) >= 11 is 18.2. The second-order valence-electron chi connectivity index (χ2n) is 9.03. The highest BCUT2D eigenvalue weighted by Gasteiger charge is 2.31. The summed E-state index contributed by atoms with van der Waals surface area (Å²) in [6.45, 7) is 1.21. The molecule has 1 atom stereocenters. The Kier molecular flexibility index (Phi) is 9.92. The number of nitrogens with zero attached hydrogens (tertiary/aromatic N) is 2. The highest BCUT2D eigenvalue weighted by molar-refractivity contribution is 7.92. The van der Waals surface area contributed by atoms with E-state index in [0.29, 0.717) is 10.0 Å². The molecule has 3 rings (SSSR count). The van der Waals surface area contributed by atoms with Crippen molar-refractivity contribution >= 4 is 62.3 Å². The van der Waals surface area contributed by atoms with Crippen molar-refractivity contribution < 1.29 is 18.0 Å². The maximum Gasteiger partial charge on any atom is 0.244 e. The zero-order valence-electron chi connectivity index (χ0n) is 20.2. The molecule has 1 aliphatic rings. The lowest BCUT2D eigenvalue weighted by atomic mass is 9.95. The topological polar surface area (TPSA) is 86.8 Å². The minimum absolute atomic E-state index is 0.0709. The molecular formula is C25H30Cl3N3O4S. The average Bonchev–Trinajstić information content (AvgIpc) is 2.82. The van der Waals surface area contributed by atoms with Crippen molar-refractivity contribution in [2.24, 2.45) is 0 Å². The predicted molar refractivity (Wildman–Crippen MR) is 145 cm³/mol. The van der Waals surface area contributed by atoms with Crippen LogP contribution in [0.25, 0.3) is 0 Å². The number of benzene rings is 2. The molecule has 1 saturated carbocycles. The van der Waals surface area contributed by atoms with Gasteiger partial charge in [0, 0.05) is 22.6 Å². The average molecular weight is 575 g/mol. The van der Waals surface area contributed by atoms with Crippen LogP contribution in [0.1, 0.15) is 44.6 Å². The molecule has 7 nitrogen and oxygen atoms in total. The number of hydrogen-bond donors (Lipinski definition) is 1. The van der Waals surface area contributed by atoms with E-state index in [1.165, 1.54) is 23.1 Å². The minimum atomic E-state index is -3.89. The van der Waals surface area contributed by atoms with E-state index in [-0.39, 0.29) is 29.2 Å². The van der Waals surface area contributed by atoms with E-state index in [9.17, 15) is 18.0 Å². The Labute approximate surface area is 227 Å². The fourth-order valence-electron chi connectivity index (χ4n) is 4.22. The van der Waals surface area contributed by atoms with Gasteiger partial charge in [-0.3, -0.25) is 13.9 Å². The number of rotatable bonds is 9. The van der Waals surface area contributed by atoms with Gasteiger partial charge in [-0.25, -0.2) is 8.42 Å². The van der Waals surface area contributed by atoms with Crippen LogP contribution in [-0.4, -0.2) is 50.0 Å². The van der Waals surface area contributed by atoms with Crippen molar-refractivity contribution in [3.63, 3.8) is 0 Å². The molecule has 2 amide bonds. The Morgan fingerprint density at radius 3 is 2.19 bits per heavy atom. The Morgan fingerprint density at radius 2 is 1.61 bits per heavy atom. The summed E-state index contributed by atoms with van der Waals surface area (Å²) < 4.78 is 26.2. The van der Waals surface area contributed by atoms with E-state index >= 15 is 0 Å². The molecule has 1 N–H and O–H groups in total. The second-order valence-corrected chi connectivity index (χ2v) is 12.2. The lowest BCUT2D eigenvalue weighted by Gasteiger charge is -2.33. The predicted octanol–water partition coefficient (Wildman–Crippen LogP) is 5.28. The first kappa shape index (κ1) is 28.6. The second kappa shape index (κ2) is 12.5. The molecule has 0 heterocycles. The van der Waals surface area contributed by atoms with Crippen LogP contribution in [0.3, 0.4) is 0 Å².